The van der Waals surface area contributed by atoms with Crippen LogP contribution in [0.1, 0.15) is 17.5 Å². The normalized spacial score (nSPS) is 12.4. The van der Waals surface area contributed by atoms with Crippen molar-refractivity contribution >= 4 is 34.1 Å². The minimum atomic E-state index is -4.52. The second-order valence-corrected chi connectivity index (χ2v) is 4.69. The first kappa shape index (κ1) is 16.0. The summed E-state index contributed by atoms with van der Waals surface area (Å²) in [6.07, 6.45) is -2.58. The maximum Gasteiger partial charge on any atom is 0.417 e. The Morgan fingerprint density at radius 2 is 2.00 bits per heavy atom. The lowest BCUT2D eigenvalue weighted by Crippen LogP contribution is -2.31. The van der Waals surface area contributed by atoms with Crippen molar-refractivity contribution in [1.82, 2.24) is 5.43 Å². The van der Waals surface area contributed by atoms with Gasteiger partial charge < -0.3 is 0 Å². The Kier molecular flexibility index (Phi) is 5.80. The van der Waals surface area contributed by atoms with Gasteiger partial charge in [0.15, 0.2) is 0 Å². The second-order valence-electron chi connectivity index (χ2n) is 3.61. The number of hydrogen-bond acceptors (Lipinski definition) is 2. The van der Waals surface area contributed by atoms with Crippen molar-refractivity contribution in [3.63, 3.8) is 0 Å². The molecule has 0 heterocycles. The van der Waals surface area contributed by atoms with Crippen LogP contribution in [-0.2, 0) is 11.0 Å². The fraction of sp³-hybridized carbons (Fsp3) is 0.250. The molecule has 0 aliphatic carbocycles. The van der Waals surface area contributed by atoms with Crippen LogP contribution >= 0.6 is 22.6 Å². The summed E-state index contributed by atoms with van der Waals surface area (Å²) in [5.74, 6) is 4.28. The summed E-state index contributed by atoms with van der Waals surface area (Å²) in [6, 6.07) is 4.93. The molecule has 0 aliphatic heterocycles. The Labute approximate surface area is 122 Å². The highest BCUT2D eigenvalue weighted by Gasteiger charge is 2.34. The molecule has 0 bridgehead atoms. The van der Waals surface area contributed by atoms with Gasteiger partial charge in [-0.05, 0) is 18.1 Å². The van der Waals surface area contributed by atoms with Gasteiger partial charge in [0.25, 0.3) is 5.91 Å². The number of carbonyl (C=O) groups excluding carboxylic acids is 1. The van der Waals surface area contributed by atoms with E-state index < -0.39 is 17.6 Å². The molecule has 1 aromatic rings. The van der Waals surface area contributed by atoms with Crippen LogP contribution in [0.5, 0.6) is 0 Å². The van der Waals surface area contributed by atoms with Crippen LogP contribution in [0.3, 0.4) is 0 Å². The van der Waals surface area contributed by atoms with Crippen molar-refractivity contribution in [3.05, 3.63) is 41.5 Å². The summed E-state index contributed by atoms with van der Waals surface area (Å²) < 4.78 is 39.4. The van der Waals surface area contributed by atoms with Gasteiger partial charge in [0.05, 0.1) is 5.56 Å². The second kappa shape index (κ2) is 6.90. The standard InChI is InChI=1S/C12H12F3IN2O/c13-12(14,15)10-6-2-1-4-8(10)9(5-3-7-16)11(19)18-17/h1-2,4-6H,3,7,17H2,(H,18,19)/b9-5+. The number of halogens is 4. The molecule has 19 heavy (non-hydrogen) atoms. The Balaban J connectivity index is 3.35. The predicted molar refractivity (Wildman–Crippen MR) is 75.3 cm³/mol. The molecule has 1 aromatic carbocycles. The van der Waals surface area contributed by atoms with Gasteiger partial charge in [-0.1, -0.05) is 46.9 Å². The third kappa shape index (κ3) is 4.20. The van der Waals surface area contributed by atoms with E-state index in [2.05, 4.69) is 22.6 Å². The lowest BCUT2D eigenvalue weighted by Gasteiger charge is -2.14. The maximum atomic E-state index is 12.9. The molecule has 1 amide bonds. The monoisotopic (exact) mass is 384 g/mol. The Morgan fingerprint density at radius 3 is 2.53 bits per heavy atom. The molecule has 0 atom stereocenters. The van der Waals surface area contributed by atoms with Crippen molar-refractivity contribution < 1.29 is 18.0 Å². The van der Waals surface area contributed by atoms with E-state index >= 15 is 0 Å². The number of amides is 1. The smallest absolute Gasteiger partial charge is 0.290 e. The highest BCUT2D eigenvalue weighted by atomic mass is 127. The zero-order valence-electron chi connectivity index (χ0n) is 9.80. The van der Waals surface area contributed by atoms with Crippen molar-refractivity contribution in [2.75, 3.05) is 4.43 Å². The number of alkyl halides is 4. The molecular weight excluding hydrogens is 372 g/mol. The molecule has 0 radical (unpaired) electrons. The highest BCUT2D eigenvalue weighted by molar-refractivity contribution is 14.1. The number of allylic oxidation sites excluding steroid dienone is 1. The molecule has 1 rings (SSSR count). The van der Waals surface area contributed by atoms with E-state index in [9.17, 15) is 18.0 Å². The summed E-state index contributed by atoms with van der Waals surface area (Å²) >= 11 is 2.07. The lowest BCUT2D eigenvalue weighted by molar-refractivity contribution is -0.137. The van der Waals surface area contributed by atoms with Crippen molar-refractivity contribution in [3.8, 4) is 0 Å². The number of carbonyl (C=O) groups is 1. The van der Waals surface area contributed by atoms with Crippen LogP contribution in [0.15, 0.2) is 30.3 Å². The number of rotatable bonds is 4. The molecule has 0 spiro atoms. The average molecular weight is 384 g/mol. The summed E-state index contributed by atoms with van der Waals surface area (Å²) in [5.41, 5.74) is 0.798. The van der Waals surface area contributed by atoms with Crippen LogP contribution in [-0.4, -0.2) is 10.3 Å². The Morgan fingerprint density at radius 1 is 1.37 bits per heavy atom. The van der Waals surface area contributed by atoms with E-state index in [-0.39, 0.29) is 11.1 Å². The third-order valence-electron chi connectivity index (χ3n) is 2.36. The first-order chi connectivity index (χ1) is 8.91. The largest absolute Gasteiger partial charge is 0.417 e. The van der Waals surface area contributed by atoms with Crippen molar-refractivity contribution in [2.45, 2.75) is 12.6 Å². The van der Waals surface area contributed by atoms with Gasteiger partial charge in [0.2, 0.25) is 0 Å². The highest BCUT2D eigenvalue weighted by Crippen LogP contribution is 2.35. The summed E-state index contributed by atoms with van der Waals surface area (Å²) in [5, 5.41) is 0. The van der Waals surface area contributed by atoms with Gasteiger partial charge in [0, 0.05) is 10.0 Å². The van der Waals surface area contributed by atoms with E-state index in [1.807, 2.05) is 5.43 Å². The molecule has 7 heteroatoms. The molecule has 0 fully saturated rings. The Bertz CT molecular complexity index is 486. The summed E-state index contributed by atoms with van der Waals surface area (Å²) in [6.45, 7) is 0. The Hall–Kier alpha value is -1.09. The predicted octanol–water partition coefficient (Wildman–Crippen LogP) is 2.90. The maximum absolute atomic E-state index is 12.9. The fourth-order valence-corrected chi connectivity index (χ4v) is 1.88. The van der Waals surface area contributed by atoms with Gasteiger partial charge >= 0.3 is 6.18 Å². The summed E-state index contributed by atoms with van der Waals surface area (Å²) in [4.78, 5) is 11.6. The minimum absolute atomic E-state index is 0.0629. The first-order valence-electron chi connectivity index (χ1n) is 5.35. The number of benzene rings is 1. The van der Waals surface area contributed by atoms with Gasteiger partial charge in [-0.25, -0.2) is 5.84 Å². The first-order valence-corrected chi connectivity index (χ1v) is 6.88. The van der Waals surface area contributed by atoms with E-state index in [1.54, 1.807) is 0 Å². The van der Waals surface area contributed by atoms with Gasteiger partial charge in [-0.15, -0.1) is 0 Å². The number of nitrogens with two attached hydrogens (primary N) is 1. The molecular formula is C12H12F3IN2O. The summed E-state index contributed by atoms with van der Waals surface area (Å²) in [7, 11) is 0. The molecule has 0 saturated carbocycles. The number of hydrazine groups is 1. The zero-order chi connectivity index (χ0) is 14.5. The van der Waals surface area contributed by atoms with Crippen LogP contribution in [0.2, 0.25) is 0 Å². The molecule has 3 N–H and O–H groups in total. The quantitative estimate of drug-likeness (QED) is 0.210. The van der Waals surface area contributed by atoms with Crippen LogP contribution in [0.4, 0.5) is 13.2 Å². The van der Waals surface area contributed by atoms with Crippen LogP contribution < -0.4 is 11.3 Å². The van der Waals surface area contributed by atoms with E-state index in [0.717, 1.165) is 6.07 Å². The van der Waals surface area contributed by atoms with Gasteiger partial charge in [-0.3, -0.25) is 10.2 Å². The topological polar surface area (TPSA) is 55.1 Å². The zero-order valence-corrected chi connectivity index (χ0v) is 12.0. The van der Waals surface area contributed by atoms with E-state index in [1.165, 1.54) is 24.3 Å². The average Bonchev–Trinajstić information content (AvgIpc) is 2.38. The SMILES string of the molecule is NNC(=O)/C(=C/CCI)c1ccccc1C(F)(F)F. The lowest BCUT2D eigenvalue weighted by atomic mass is 9.98. The van der Waals surface area contributed by atoms with E-state index in [0.29, 0.717) is 10.8 Å². The molecule has 0 saturated heterocycles. The van der Waals surface area contributed by atoms with Gasteiger partial charge in [0.1, 0.15) is 0 Å². The van der Waals surface area contributed by atoms with Crippen molar-refractivity contribution in [1.29, 1.82) is 0 Å². The van der Waals surface area contributed by atoms with Gasteiger partial charge in [-0.2, -0.15) is 13.2 Å². The van der Waals surface area contributed by atoms with Crippen LogP contribution in [0.25, 0.3) is 5.57 Å². The van der Waals surface area contributed by atoms with E-state index in [4.69, 9.17) is 5.84 Å². The van der Waals surface area contributed by atoms with Crippen LogP contribution in [0, 0.1) is 0 Å². The molecule has 0 unspecified atom stereocenters. The van der Waals surface area contributed by atoms with Crippen molar-refractivity contribution in [2.24, 2.45) is 5.84 Å². The third-order valence-corrected chi connectivity index (χ3v) is 2.98. The number of hydrogen-bond donors (Lipinski definition) is 2. The fourth-order valence-electron chi connectivity index (χ4n) is 1.57. The number of nitrogens with one attached hydrogen (secondary N) is 1. The molecule has 0 aromatic heterocycles. The molecule has 0 aliphatic rings. The molecule has 104 valence electrons. The minimum Gasteiger partial charge on any atom is -0.290 e. The molecule has 3 nitrogen and oxygen atoms in total.